The number of anilines is 1. The number of carbonyl (C=O) groups is 5. The number of alkyl halides is 2. The van der Waals surface area contributed by atoms with Crippen molar-refractivity contribution >= 4 is 58.5 Å². The number of halogens is 7. The van der Waals surface area contributed by atoms with Crippen LogP contribution in [0.4, 0.5) is 27.6 Å². The molecule has 2 aliphatic carbocycles. The van der Waals surface area contributed by atoms with E-state index in [1.165, 1.54) is 31.4 Å². The lowest BCUT2D eigenvalue weighted by atomic mass is 9.56. The molecule has 266 valence electrons. The van der Waals surface area contributed by atoms with Gasteiger partial charge in [0.1, 0.15) is 17.2 Å². The number of ether oxygens (including phenoxy) is 1. The Kier molecular flexibility index (Phi) is 8.91. The lowest BCUT2D eigenvalue weighted by Crippen LogP contribution is -2.60. The summed E-state index contributed by atoms with van der Waals surface area (Å²) in [6.45, 7) is -0.0383. The van der Waals surface area contributed by atoms with Crippen molar-refractivity contribution < 1.29 is 60.9 Å². The second-order valence-electron chi connectivity index (χ2n) is 12.7. The molecule has 6 atom stereocenters. The zero-order valence-electron chi connectivity index (χ0n) is 26.0. The Labute approximate surface area is 290 Å². The van der Waals surface area contributed by atoms with Gasteiger partial charge in [-0.05, 0) is 49.8 Å². The Balaban J connectivity index is 1.49. The number of rotatable bonds is 9. The Morgan fingerprint density at radius 2 is 1.56 bits per heavy atom. The highest BCUT2D eigenvalue weighted by Crippen LogP contribution is 2.66. The molecule has 3 fully saturated rings. The number of carbonyl (C=O) groups excluding carboxylic acids is 4. The van der Waals surface area contributed by atoms with Crippen LogP contribution in [0.5, 0.6) is 11.5 Å². The molecule has 2 N–H and O–H groups in total. The standard InChI is InChI=1S/C33H27Cl2F5N2O8/c1-50-13-6-9-18(43)16(11-13)21-14-7-8-15-20(29(47)41(28(15)46)10-4-2-3-5-19(44)45)17(14)12-32(34)30(48)42(31(49)33(21,32)35)27-25(39)23(37)22(36)24(38)26(27)40/h6-7,9,11,15,17,20-21,43H,2-5,8,10,12H2,1H3,(H,44,45). The summed E-state index contributed by atoms with van der Waals surface area (Å²) in [4.78, 5) is 62.1. The maximum Gasteiger partial charge on any atom is 0.303 e. The number of amides is 4. The van der Waals surface area contributed by atoms with Gasteiger partial charge >= 0.3 is 5.97 Å². The Bertz CT molecular complexity index is 1880. The van der Waals surface area contributed by atoms with E-state index in [1.807, 2.05) is 0 Å². The SMILES string of the molecule is COc1ccc(O)c(C2C3=CCC4C(=O)N(CCCCCC(=O)O)C(=O)C4C3CC3(Cl)C(=O)N(c4c(F)c(F)c(F)c(F)c4F)C(=O)C23Cl)c1. The van der Waals surface area contributed by atoms with Crippen molar-refractivity contribution in [1.82, 2.24) is 4.90 Å². The summed E-state index contributed by atoms with van der Waals surface area (Å²) in [5, 5.41) is 20.0. The molecule has 0 aromatic heterocycles. The summed E-state index contributed by atoms with van der Waals surface area (Å²) in [5.74, 6) is -23.3. The van der Waals surface area contributed by atoms with Gasteiger partial charge in [0, 0.05) is 24.4 Å². The van der Waals surface area contributed by atoms with Crippen molar-refractivity contribution in [3.05, 3.63) is 64.5 Å². The van der Waals surface area contributed by atoms with Crippen LogP contribution in [0.3, 0.4) is 0 Å². The molecule has 0 radical (unpaired) electrons. The van der Waals surface area contributed by atoms with E-state index in [0.717, 1.165) is 4.90 Å². The van der Waals surface area contributed by atoms with Crippen LogP contribution in [-0.4, -0.2) is 68.1 Å². The average molecular weight is 745 g/mol. The van der Waals surface area contributed by atoms with E-state index in [1.54, 1.807) is 0 Å². The third-order valence-electron chi connectivity index (χ3n) is 10.1. The highest BCUT2D eigenvalue weighted by molar-refractivity contribution is 6.58. The number of hydrogen-bond donors (Lipinski definition) is 2. The molecule has 2 aromatic rings. The number of nitrogens with zero attached hydrogens (tertiary/aromatic N) is 2. The number of benzene rings is 2. The Hall–Kier alpha value is -4.24. The largest absolute Gasteiger partial charge is 0.508 e. The minimum atomic E-state index is -2.79. The van der Waals surface area contributed by atoms with Crippen LogP contribution >= 0.6 is 23.2 Å². The van der Waals surface area contributed by atoms with Crippen molar-refractivity contribution in [2.45, 2.75) is 54.2 Å². The fraction of sp³-hybridized carbons (Fsp3) is 0.424. The molecule has 2 saturated heterocycles. The second kappa shape index (κ2) is 12.5. The maximum absolute atomic E-state index is 15.2. The quantitative estimate of drug-likeness (QED) is 0.0670. The van der Waals surface area contributed by atoms with Gasteiger partial charge in [-0.2, -0.15) is 0 Å². The minimum Gasteiger partial charge on any atom is -0.508 e. The summed E-state index contributed by atoms with van der Waals surface area (Å²) in [6.07, 6.45) is 1.65. The van der Waals surface area contributed by atoms with Crippen LogP contribution < -0.4 is 9.64 Å². The van der Waals surface area contributed by atoms with E-state index in [4.69, 9.17) is 33.0 Å². The summed E-state index contributed by atoms with van der Waals surface area (Å²) < 4.78 is 78.4. The number of likely N-dealkylation sites (tertiary alicyclic amines) is 1. The first-order valence-corrected chi connectivity index (χ1v) is 16.2. The van der Waals surface area contributed by atoms with Gasteiger partial charge in [0.25, 0.3) is 11.8 Å². The van der Waals surface area contributed by atoms with Gasteiger partial charge in [0.15, 0.2) is 33.0 Å². The fourth-order valence-electron chi connectivity index (χ4n) is 7.81. The molecule has 4 aliphatic rings. The Morgan fingerprint density at radius 3 is 2.18 bits per heavy atom. The molecule has 0 bridgehead atoms. The molecule has 1 saturated carbocycles. The van der Waals surface area contributed by atoms with Crippen LogP contribution in [0.15, 0.2) is 29.8 Å². The number of methoxy groups -OCH3 is 1. The second-order valence-corrected chi connectivity index (χ2v) is 13.9. The van der Waals surface area contributed by atoms with Crippen LogP contribution in [-0.2, 0) is 24.0 Å². The molecule has 10 nitrogen and oxygen atoms in total. The van der Waals surface area contributed by atoms with Crippen LogP contribution in [0.1, 0.15) is 50.0 Å². The van der Waals surface area contributed by atoms with Gasteiger partial charge in [-0.15, -0.1) is 23.2 Å². The molecule has 2 aliphatic heterocycles. The van der Waals surface area contributed by atoms with E-state index in [9.17, 15) is 42.3 Å². The molecule has 2 heterocycles. The topological polar surface area (TPSA) is 142 Å². The summed E-state index contributed by atoms with van der Waals surface area (Å²) in [5.41, 5.74) is -1.91. The normalized spacial score (nSPS) is 28.8. The van der Waals surface area contributed by atoms with E-state index < -0.39 is 110 Å². The Morgan fingerprint density at radius 1 is 0.920 bits per heavy atom. The van der Waals surface area contributed by atoms with Crippen LogP contribution in [0.25, 0.3) is 0 Å². The van der Waals surface area contributed by atoms with E-state index in [0.29, 0.717) is 19.3 Å². The van der Waals surface area contributed by atoms with Gasteiger partial charge in [0.2, 0.25) is 17.6 Å². The molecule has 0 spiro atoms. The van der Waals surface area contributed by atoms with E-state index >= 15 is 8.78 Å². The smallest absolute Gasteiger partial charge is 0.303 e. The van der Waals surface area contributed by atoms with Crippen molar-refractivity contribution in [2.24, 2.45) is 17.8 Å². The minimum absolute atomic E-state index is 0.0383. The number of hydrogen-bond acceptors (Lipinski definition) is 7. The lowest BCUT2D eigenvalue weighted by Gasteiger charge is -2.50. The van der Waals surface area contributed by atoms with Gasteiger partial charge in [-0.3, -0.25) is 28.9 Å². The van der Waals surface area contributed by atoms with Gasteiger partial charge in [0.05, 0.1) is 18.9 Å². The number of aliphatic carboxylic acids is 1. The maximum atomic E-state index is 15.2. The van der Waals surface area contributed by atoms with Gasteiger partial charge in [-0.1, -0.05) is 18.1 Å². The molecule has 6 unspecified atom stereocenters. The molecular formula is C33H27Cl2F5N2O8. The predicted octanol–water partition coefficient (Wildman–Crippen LogP) is 5.30. The number of unbranched alkanes of at least 4 members (excludes halogenated alkanes) is 2. The first-order chi connectivity index (χ1) is 23.5. The number of aromatic hydroxyl groups is 1. The first-order valence-electron chi connectivity index (χ1n) is 15.4. The van der Waals surface area contributed by atoms with E-state index in [2.05, 4.69) is 0 Å². The highest BCUT2D eigenvalue weighted by Gasteiger charge is 2.77. The zero-order chi connectivity index (χ0) is 36.6. The zero-order valence-corrected chi connectivity index (χ0v) is 27.5. The van der Waals surface area contributed by atoms with Crippen molar-refractivity contribution in [1.29, 1.82) is 0 Å². The fourth-order valence-corrected chi connectivity index (χ4v) is 8.74. The molecule has 2 aromatic carbocycles. The highest BCUT2D eigenvalue weighted by atomic mass is 35.5. The van der Waals surface area contributed by atoms with Gasteiger partial charge < -0.3 is 14.9 Å². The van der Waals surface area contributed by atoms with Crippen molar-refractivity contribution in [3.63, 3.8) is 0 Å². The predicted molar refractivity (Wildman–Crippen MR) is 164 cm³/mol. The number of phenols is 1. The van der Waals surface area contributed by atoms with Crippen molar-refractivity contribution in [2.75, 3.05) is 18.6 Å². The molecule has 50 heavy (non-hydrogen) atoms. The number of carboxylic acid groups (broad SMARTS) is 1. The van der Waals surface area contributed by atoms with Crippen LogP contribution in [0.2, 0.25) is 0 Å². The first kappa shape index (κ1) is 35.6. The summed E-state index contributed by atoms with van der Waals surface area (Å²) in [7, 11) is 1.28. The molecule has 4 amide bonds. The number of phenolic OH excluding ortho intramolecular Hbond substituents is 1. The summed E-state index contributed by atoms with van der Waals surface area (Å²) >= 11 is 14.1. The monoisotopic (exact) mass is 744 g/mol. The van der Waals surface area contributed by atoms with Gasteiger partial charge in [-0.25, -0.2) is 26.9 Å². The lowest BCUT2D eigenvalue weighted by molar-refractivity contribution is -0.141. The number of allylic oxidation sites excluding steroid dienone is 2. The molecule has 6 rings (SSSR count). The molecular weight excluding hydrogens is 718 g/mol. The van der Waals surface area contributed by atoms with Crippen LogP contribution in [0, 0.1) is 46.8 Å². The average Bonchev–Trinajstić information content (AvgIpc) is 3.41. The van der Waals surface area contributed by atoms with E-state index in [-0.39, 0.29) is 41.2 Å². The number of imide groups is 2. The third kappa shape index (κ3) is 4.90. The summed E-state index contributed by atoms with van der Waals surface area (Å²) in [6, 6.07) is 3.76. The van der Waals surface area contributed by atoms with Crippen molar-refractivity contribution in [3.8, 4) is 11.5 Å². The number of fused-ring (bicyclic) bond motifs is 4. The number of carboxylic acids is 1. The third-order valence-corrected chi connectivity index (χ3v) is 11.5. The molecule has 17 heteroatoms.